The maximum absolute atomic E-state index is 13.4. The van der Waals surface area contributed by atoms with E-state index >= 15 is 0 Å². The average molecular weight is 487 g/mol. The molecule has 4 rings (SSSR count). The molecule has 2 heterocycles. The normalized spacial score (nSPS) is 20.4. The third kappa shape index (κ3) is 4.81. The Bertz CT molecular complexity index is 1190. The highest BCUT2D eigenvalue weighted by Gasteiger charge is 2.39. The molecule has 2 unspecified atom stereocenters. The summed E-state index contributed by atoms with van der Waals surface area (Å²) in [6, 6.07) is 11.8. The Morgan fingerprint density at radius 2 is 1.74 bits per heavy atom. The molecule has 0 saturated carbocycles. The number of ether oxygens (including phenoxy) is 2. The molecule has 0 aromatic heterocycles. The van der Waals surface area contributed by atoms with Gasteiger partial charge in [0.25, 0.3) is 5.91 Å². The van der Waals surface area contributed by atoms with E-state index in [1.165, 1.54) is 6.26 Å². The Hall–Kier alpha value is -2.91. The van der Waals surface area contributed by atoms with E-state index < -0.39 is 22.0 Å². The summed E-state index contributed by atoms with van der Waals surface area (Å²) >= 11 is 0. The van der Waals surface area contributed by atoms with Crippen molar-refractivity contribution in [3.63, 3.8) is 0 Å². The molecular weight excluding hydrogens is 456 g/mol. The Labute approximate surface area is 200 Å². The molecule has 0 N–H and O–H groups in total. The van der Waals surface area contributed by atoms with Gasteiger partial charge in [0.15, 0.2) is 9.84 Å². The van der Waals surface area contributed by atoms with Gasteiger partial charge in [0.05, 0.1) is 28.4 Å². The first kappa shape index (κ1) is 24.2. The molecule has 8 nitrogen and oxygen atoms in total. The summed E-state index contributed by atoms with van der Waals surface area (Å²) < 4.78 is 34.8. The van der Waals surface area contributed by atoms with Crippen molar-refractivity contribution in [3.05, 3.63) is 42.5 Å². The fourth-order valence-electron chi connectivity index (χ4n) is 4.39. The Morgan fingerprint density at radius 1 is 1.06 bits per heavy atom. The summed E-state index contributed by atoms with van der Waals surface area (Å²) in [4.78, 5) is 29.8. The lowest BCUT2D eigenvalue weighted by molar-refractivity contribution is -0.127. The zero-order valence-corrected chi connectivity index (χ0v) is 20.7. The fraction of sp³-hybridized carbons (Fsp3) is 0.440. The summed E-state index contributed by atoms with van der Waals surface area (Å²) in [5.41, 5.74) is 2.79. The van der Waals surface area contributed by atoms with Gasteiger partial charge in [0.2, 0.25) is 0 Å². The van der Waals surface area contributed by atoms with Gasteiger partial charge in [0, 0.05) is 19.4 Å². The molecule has 34 heavy (non-hydrogen) atoms. The van der Waals surface area contributed by atoms with E-state index in [4.69, 9.17) is 9.47 Å². The van der Waals surface area contributed by atoms with Gasteiger partial charge in [-0.3, -0.25) is 9.69 Å². The lowest BCUT2D eigenvalue weighted by Gasteiger charge is -2.41. The van der Waals surface area contributed by atoms with Crippen LogP contribution in [0.3, 0.4) is 0 Å². The van der Waals surface area contributed by atoms with Gasteiger partial charge in [-0.05, 0) is 69.0 Å². The van der Waals surface area contributed by atoms with Crippen LogP contribution in [0, 0.1) is 0 Å². The molecule has 2 aliphatic heterocycles. The van der Waals surface area contributed by atoms with E-state index in [0.717, 1.165) is 17.5 Å². The van der Waals surface area contributed by atoms with Crippen molar-refractivity contribution < 1.29 is 27.5 Å². The fourth-order valence-corrected chi connectivity index (χ4v) is 5.02. The molecule has 9 heteroatoms. The summed E-state index contributed by atoms with van der Waals surface area (Å²) in [6.45, 7) is 6.35. The standard InChI is InChI=1S/C25H30N2O6S/c1-16(2)33-25(29)27-17(3)15-26(24(28)23-6-5-13-32-23)22-14-19(9-12-21(22)27)18-7-10-20(11-8-18)34(4,30)31/h7-12,14,16-17,23H,5-6,13,15H2,1-4H3. The quantitative estimate of drug-likeness (QED) is 0.648. The largest absolute Gasteiger partial charge is 0.446 e. The molecule has 2 aromatic carbocycles. The second kappa shape index (κ2) is 9.38. The summed E-state index contributed by atoms with van der Waals surface area (Å²) in [5, 5.41) is 0. The SMILES string of the molecule is CC(C)OC(=O)N1c2ccc(-c3ccc(S(C)(=O)=O)cc3)cc2N(C(=O)C2CCCO2)CC1C. The molecule has 0 bridgehead atoms. The predicted molar refractivity (Wildman–Crippen MR) is 130 cm³/mol. The van der Waals surface area contributed by atoms with Crippen LogP contribution in [0.1, 0.15) is 33.6 Å². The van der Waals surface area contributed by atoms with Crippen molar-refractivity contribution in [2.45, 2.75) is 56.8 Å². The van der Waals surface area contributed by atoms with Crippen molar-refractivity contribution in [2.24, 2.45) is 0 Å². The zero-order chi connectivity index (χ0) is 24.6. The summed E-state index contributed by atoms with van der Waals surface area (Å²) in [5.74, 6) is -0.118. The smallest absolute Gasteiger partial charge is 0.414 e. The van der Waals surface area contributed by atoms with Crippen LogP contribution in [0.25, 0.3) is 11.1 Å². The van der Waals surface area contributed by atoms with E-state index in [0.29, 0.717) is 30.9 Å². The van der Waals surface area contributed by atoms with Gasteiger partial charge in [-0.1, -0.05) is 18.2 Å². The van der Waals surface area contributed by atoms with E-state index in [-0.39, 0.29) is 22.9 Å². The van der Waals surface area contributed by atoms with Crippen LogP contribution in [0.15, 0.2) is 47.4 Å². The average Bonchev–Trinajstić information content (AvgIpc) is 3.31. The van der Waals surface area contributed by atoms with Gasteiger partial charge in [-0.2, -0.15) is 0 Å². The lowest BCUT2D eigenvalue weighted by atomic mass is 10.0. The van der Waals surface area contributed by atoms with Crippen molar-refractivity contribution in [3.8, 4) is 11.1 Å². The van der Waals surface area contributed by atoms with Crippen LogP contribution in [-0.2, 0) is 24.1 Å². The Balaban J connectivity index is 1.77. The van der Waals surface area contributed by atoms with Gasteiger partial charge >= 0.3 is 6.09 Å². The number of hydrogen-bond acceptors (Lipinski definition) is 6. The monoisotopic (exact) mass is 486 g/mol. The maximum atomic E-state index is 13.4. The topological polar surface area (TPSA) is 93.2 Å². The number of carbonyl (C=O) groups excluding carboxylic acids is 2. The van der Waals surface area contributed by atoms with E-state index in [1.54, 1.807) is 47.9 Å². The number of nitrogens with zero attached hydrogens (tertiary/aromatic N) is 2. The Morgan fingerprint density at radius 3 is 2.32 bits per heavy atom. The number of hydrogen-bond donors (Lipinski definition) is 0. The van der Waals surface area contributed by atoms with Gasteiger partial charge in [0.1, 0.15) is 6.10 Å². The highest BCUT2D eigenvalue weighted by atomic mass is 32.2. The molecule has 2 atom stereocenters. The molecule has 0 radical (unpaired) electrons. The molecule has 1 saturated heterocycles. The van der Waals surface area contributed by atoms with Crippen LogP contribution >= 0.6 is 0 Å². The minimum atomic E-state index is -3.30. The minimum absolute atomic E-state index is 0.118. The first-order valence-electron chi connectivity index (χ1n) is 11.4. The number of sulfone groups is 1. The molecular formula is C25H30N2O6S. The van der Waals surface area contributed by atoms with Crippen molar-refractivity contribution in [1.29, 1.82) is 0 Å². The zero-order valence-electron chi connectivity index (χ0n) is 19.9. The number of amides is 2. The van der Waals surface area contributed by atoms with Crippen LogP contribution in [-0.4, -0.2) is 58.1 Å². The molecule has 0 spiro atoms. The van der Waals surface area contributed by atoms with E-state index in [9.17, 15) is 18.0 Å². The van der Waals surface area contributed by atoms with Crippen LogP contribution < -0.4 is 9.80 Å². The molecule has 2 aromatic rings. The highest BCUT2D eigenvalue weighted by molar-refractivity contribution is 7.90. The van der Waals surface area contributed by atoms with Gasteiger partial charge in [-0.15, -0.1) is 0 Å². The summed E-state index contributed by atoms with van der Waals surface area (Å²) in [6.07, 6.45) is 1.45. The number of anilines is 2. The number of benzene rings is 2. The molecule has 182 valence electrons. The first-order chi connectivity index (χ1) is 16.1. The predicted octanol–water partition coefficient (Wildman–Crippen LogP) is 4.02. The second-order valence-corrected chi connectivity index (χ2v) is 11.1. The lowest BCUT2D eigenvalue weighted by Crippen LogP contribution is -2.54. The maximum Gasteiger partial charge on any atom is 0.414 e. The number of rotatable bonds is 4. The molecule has 0 aliphatic carbocycles. The second-order valence-electron chi connectivity index (χ2n) is 9.10. The highest BCUT2D eigenvalue weighted by Crippen LogP contribution is 2.40. The van der Waals surface area contributed by atoms with Crippen molar-refractivity contribution in [2.75, 3.05) is 29.2 Å². The number of fused-ring (bicyclic) bond motifs is 1. The van der Waals surface area contributed by atoms with Crippen LogP contribution in [0.4, 0.5) is 16.2 Å². The van der Waals surface area contributed by atoms with Crippen LogP contribution in [0.5, 0.6) is 0 Å². The molecule has 2 aliphatic rings. The first-order valence-corrected chi connectivity index (χ1v) is 13.3. The van der Waals surface area contributed by atoms with Crippen molar-refractivity contribution in [1.82, 2.24) is 0 Å². The van der Waals surface area contributed by atoms with E-state index in [2.05, 4.69) is 0 Å². The number of carbonyl (C=O) groups is 2. The van der Waals surface area contributed by atoms with Crippen LogP contribution in [0.2, 0.25) is 0 Å². The summed E-state index contributed by atoms with van der Waals surface area (Å²) in [7, 11) is -3.30. The van der Waals surface area contributed by atoms with E-state index in [1.807, 2.05) is 25.1 Å². The minimum Gasteiger partial charge on any atom is -0.446 e. The molecule has 1 fully saturated rings. The third-order valence-corrected chi connectivity index (χ3v) is 7.16. The van der Waals surface area contributed by atoms with Gasteiger partial charge in [-0.25, -0.2) is 13.2 Å². The van der Waals surface area contributed by atoms with Gasteiger partial charge < -0.3 is 14.4 Å². The molecule has 2 amide bonds. The Kier molecular flexibility index (Phi) is 6.69. The third-order valence-electron chi connectivity index (χ3n) is 6.03. The van der Waals surface area contributed by atoms with Crippen molar-refractivity contribution >= 4 is 33.2 Å².